The molecule has 0 saturated carbocycles. The van der Waals surface area contributed by atoms with Crippen molar-refractivity contribution in [2.45, 2.75) is 37.6 Å². The minimum absolute atomic E-state index is 0.000562. The molecular weight excluding hydrogens is 539 g/mol. The predicted molar refractivity (Wildman–Crippen MR) is 121 cm³/mol. The minimum Gasteiger partial charge on any atom is -0.375 e. The highest BCUT2D eigenvalue weighted by atomic mass is 19.4. The summed E-state index contributed by atoms with van der Waals surface area (Å²) < 4.78 is 98.5. The average Bonchev–Trinajstić information content (AvgIpc) is 3.26. The van der Waals surface area contributed by atoms with Crippen LogP contribution in [0.25, 0.3) is 0 Å². The molecule has 0 aliphatic carbocycles. The molecule has 1 saturated heterocycles. The summed E-state index contributed by atoms with van der Waals surface area (Å²) in [5.41, 5.74) is -3.30. The third-order valence-electron chi connectivity index (χ3n) is 6.31. The summed E-state index contributed by atoms with van der Waals surface area (Å²) in [5, 5.41) is 6.06. The number of aromatic amines is 2. The van der Waals surface area contributed by atoms with Crippen molar-refractivity contribution in [2.24, 2.45) is 0 Å². The summed E-state index contributed by atoms with van der Waals surface area (Å²) in [6.07, 6.45) is -10.0. The topological polar surface area (TPSA) is 94.3 Å². The van der Waals surface area contributed by atoms with Gasteiger partial charge >= 0.3 is 18.0 Å². The van der Waals surface area contributed by atoms with Gasteiger partial charge in [0.2, 0.25) is 5.91 Å². The van der Waals surface area contributed by atoms with E-state index in [1.807, 2.05) is 0 Å². The number of rotatable bonds is 7. The van der Waals surface area contributed by atoms with E-state index in [-0.39, 0.29) is 43.1 Å². The SMILES string of the molecule is CN1C(=O)CN(Cc2n[nH]c(=O)[nH]2)[C@@H](c2ccc(F)cc2)[C@H]1COCc1cc(C(F)(F)F)cc(C(F)(F)F)c1. The van der Waals surface area contributed by atoms with E-state index in [4.69, 9.17) is 4.74 Å². The molecule has 3 aromatic rings. The molecule has 2 aromatic carbocycles. The maximum Gasteiger partial charge on any atom is 0.416 e. The first-order chi connectivity index (χ1) is 18.2. The molecular formula is C24H22F7N5O3. The quantitative estimate of drug-likeness (QED) is 0.428. The molecule has 0 spiro atoms. The zero-order chi connectivity index (χ0) is 28.5. The largest absolute Gasteiger partial charge is 0.416 e. The molecule has 0 radical (unpaired) electrons. The second-order valence-corrected chi connectivity index (χ2v) is 9.03. The van der Waals surface area contributed by atoms with Crippen LogP contribution in [-0.2, 0) is 35.0 Å². The van der Waals surface area contributed by atoms with Gasteiger partial charge in [-0.2, -0.15) is 31.4 Å². The van der Waals surface area contributed by atoms with Gasteiger partial charge in [-0.3, -0.25) is 14.7 Å². The van der Waals surface area contributed by atoms with Gasteiger partial charge < -0.3 is 9.64 Å². The number of aromatic nitrogens is 3. The van der Waals surface area contributed by atoms with E-state index in [9.17, 15) is 40.3 Å². The molecule has 1 amide bonds. The number of nitrogens with zero attached hydrogens (tertiary/aromatic N) is 3. The van der Waals surface area contributed by atoms with Crippen molar-refractivity contribution in [3.63, 3.8) is 0 Å². The number of piperazine rings is 1. The number of alkyl halides is 6. The molecule has 0 bridgehead atoms. The van der Waals surface area contributed by atoms with E-state index in [0.717, 1.165) is 0 Å². The Labute approximate surface area is 216 Å². The van der Waals surface area contributed by atoms with E-state index in [0.29, 0.717) is 17.7 Å². The third kappa shape index (κ3) is 6.65. The van der Waals surface area contributed by atoms with Crippen LogP contribution in [0, 0.1) is 5.82 Å². The average molecular weight is 561 g/mol. The molecule has 4 rings (SSSR count). The Hall–Kier alpha value is -3.72. The zero-order valence-corrected chi connectivity index (χ0v) is 20.2. The number of H-pyrrole nitrogens is 2. The lowest BCUT2D eigenvalue weighted by molar-refractivity contribution is -0.146. The van der Waals surface area contributed by atoms with Crippen molar-refractivity contribution in [1.82, 2.24) is 25.0 Å². The summed E-state index contributed by atoms with van der Waals surface area (Å²) in [6, 6.07) is 5.12. The first-order valence-electron chi connectivity index (χ1n) is 11.5. The predicted octanol–water partition coefficient (Wildman–Crippen LogP) is 3.88. The van der Waals surface area contributed by atoms with Crippen LogP contribution >= 0.6 is 0 Å². The lowest BCUT2D eigenvalue weighted by Crippen LogP contribution is -2.57. The monoisotopic (exact) mass is 561 g/mol. The van der Waals surface area contributed by atoms with Crippen LogP contribution in [0.3, 0.4) is 0 Å². The Morgan fingerprint density at radius 3 is 2.15 bits per heavy atom. The maximum absolute atomic E-state index is 13.6. The maximum atomic E-state index is 13.6. The van der Waals surface area contributed by atoms with Gasteiger partial charge in [0.15, 0.2) is 0 Å². The molecule has 2 atom stereocenters. The van der Waals surface area contributed by atoms with Crippen molar-refractivity contribution in [3.8, 4) is 0 Å². The highest BCUT2D eigenvalue weighted by molar-refractivity contribution is 5.79. The van der Waals surface area contributed by atoms with Gasteiger partial charge in [0.1, 0.15) is 11.6 Å². The number of halogens is 7. The lowest BCUT2D eigenvalue weighted by Gasteiger charge is -2.45. The molecule has 2 N–H and O–H groups in total. The number of ether oxygens (including phenoxy) is 1. The summed E-state index contributed by atoms with van der Waals surface area (Å²) in [5.74, 6) is -0.661. The normalized spacial score (nSPS) is 19.1. The van der Waals surface area contributed by atoms with E-state index in [1.54, 1.807) is 4.90 Å². The van der Waals surface area contributed by atoms with Crippen molar-refractivity contribution >= 4 is 5.91 Å². The zero-order valence-electron chi connectivity index (χ0n) is 20.2. The molecule has 1 aromatic heterocycles. The number of hydrogen-bond donors (Lipinski definition) is 2. The molecule has 39 heavy (non-hydrogen) atoms. The van der Waals surface area contributed by atoms with Crippen LogP contribution in [0.4, 0.5) is 30.7 Å². The van der Waals surface area contributed by atoms with Gasteiger partial charge in [0.25, 0.3) is 0 Å². The number of carbonyl (C=O) groups excluding carboxylic acids is 1. The van der Waals surface area contributed by atoms with Crippen LogP contribution in [-0.4, -0.2) is 57.1 Å². The number of nitrogens with one attached hydrogen (secondary N) is 2. The second kappa shape index (κ2) is 10.8. The standard InChI is InChI=1S/C24H22F7N5O3/c1-35-18(12-39-11-13-6-15(23(26,27)28)8-16(7-13)24(29,30)31)21(14-2-4-17(25)5-3-14)36(10-20(35)37)9-19-32-22(38)34-33-19/h2-8,18,21H,9-12H2,1H3,(H2,32,33,34,38)/t18-,21+/m1/s1. The van der Waals surface area contributed by atoms with Crippen molar-refractivity contribution in [2.75, 3.05) is 20.2 Å². The van der Waals surface area contributed by atoms with Crippen LogP contribution < -0.4 is 5.69 Å². The molecule has 1 fully saturated rings. The van der Waals surface area contributed by atoms with Crippen molar-refractivity contribution < 1.29 is 40.3 Å². The summed E-state index contributed by atoms with van der Waals surface area (Å²) in [6.45, 7) is -1.00. The van der Waals surface area contributed by atoms with Crippen LogP contribution in [0.15, 0.2) is 47.3 Å². The second-order valence-electron chi connectivity index (χ2n) is 9.03. The summed E-state index contributed by atoms with van der Waals surface area (Å²) in [7, 11) is 1.48. The van der Waals surface area contributed by atoms with Gasteiger partial charge in [-0.25, -0.2) is 14.3 Å². The van der Waals surface area contributed by atoms with Crippen molar-refractivity contribution in [3.05, 3.63) is 86.8 Å². The van der Waals surface area contributed by atoms with E-state index in [1.165, 1.54) is 36.2 Å². The molecule has 15 heteroatoms. The fourth-order valence-electron chi connectivity index (χ4n) is 4.45. The highest BCUT2D eigenvalue weighted by Gasteiger charge is 2.41. The third-order valence-corrected chi connectivity index (χ3v) is 6.31. The van der Waals surface area contributed by atoms with Gasteiger partial charge in [0.05, 0.1) is 49.5 Å². The van der Waals surface area contributed by atoms with Gasteiger partial charge in [-0.15, -0.1) is 0 Å². The Balaban J connectivity index is 1.61. The highest BCUT2D eigenvalue weighted by Crippen LogP contribution is 2.37. The molecule has 1 aliphatic heterocycles. The van der Waals surface area contributed by atoms with Crippen LogP contribution in [0.2, 0.25) is 0 Å². The number of benzene rings is 2. The van der Waals surface area contributed by atoms with E-state index in [2.05, 4.69) is 15.2 Å². The minimum atomic E-state index is -5.01. The van der Waals surface area contributed by atoms with E-state index >= 15 is 0 Å². The Bertz CT molecular complexity index is 1340. The Morgan fingerprint density at radius 1 is 1.00 bits per heavy atom. The number of hydrogen-bond acceptors (Lipinski definition) is 5. The van der Waals surface area contributed by atoms with Crippen LogP contribution in [0.5, 0.6) is 0 Å². The lowest BCUT2D eigenvalue weighted by atomic mass is 9.94. The molecule has 1 aliphatic rings. The Kier molecular flexibility index (Phi) is 7.84. The number of carbonyl (C=O) groups is 1. The Morgan fingerprint density at radius 2 is 1.62 bits per heavy atom. The molecule has 2 heterocycles. The molecule has 8 nitrogen and oxygen atoms in total. The molecule has 0 unspecified atom stereocenters. The first kappa shape index (κ1) is 28.3. The first-order valence-corrected chi connectivity index (χ1v) is 11.5. The van der Waals surface area contributed by atoms with Gasteiger partial charge in [-0.1, -0.05) is 12.1 Å². The summed E-state index contributed by atoms with van der Waals surface area (Å²) in [4.78, 5) is 29.8. The number of likely N-dealkylation sites (N-methyl/N-ethyl adjacent to an activating group) is 1. The summed E-state index contributed by atoms with van der Waals surface area (Å²) >= 11 is 0. The fourth-order valence-corrected chi connectivity index (χ4v) is 4.45. The fraction of sp³-hybridized carbons (Fsp3) is 0.375. The van der Waals surface area contributed by atoms with E-state index < -0.39 is 53.7 Å². The number of amides is 1. The van der Waals surface area contributed by atoms with Gasteiger partial charge in [0, 0.05) is 7.05 Å². The van der Waals surface area contributed by atoms with Crippen LogP contribution in [0.1, 0.15) is 34.1 Å². The van der Waals surface area contributed by atoms with Crippen molar-refractivity contribution in [1.29, 1.82) is 0 Å². The smallest absolute Gasteiger partial charge is 0.375 e. The van der Waals surface area contributed by atoms with Gasteiger partial charge in [-0.05, 0) is 41.5 Å². The molecule has 210 valence electrons.